The van der Waals surface area contributed by atoms with Gasteiger partial charge in [-0.2, -0.15) is 5.10 Å². The van der Waals surface area contributed by atoms with Gasteiger partial charge in [0.25, 0.3) is 0 Å². The lowest BCUT2D eigenvalue weighted by Crippen LogP contribution is -1.99. The van der Waals surface area contributed by atoms with Gasteiger partial charge in [0.1, 0.15) is 16.7 Å². The zero-order chi connectivity index (χ0) is 21.1. The van der Waals surface area contributed by atoms with Crippen molar-refractivity contribution in [1.82, 2.24) is 19.7 Å². The fourth-order valence-electron chi connectivity index (χ4n) is 4.53. The maximum absolute atomic E-state index is 6.55. The number of benzene rings is 4. The highest BCUT2D eigenvalue weighted by Gasteiger charge is 2.20. The van der Waals surface area contributed by atoms with E-state index in [-0.39, 0.29) is 0 Å². The van der Waals surface area contributed by atoms with E-state index in [1.807, 2.05) is 53.1 Å². The minimum absolute atomic E-state index is 0.715. The van der Waals surface area contributed by atoms with Crippen LogP contribution in [0.2, 0.25) is 0 Å². The molecule has 0 amide bonds. The smallest absolute Gasteiger partial charge is 0.187 e. The van der Waals surface area contributed by atoms with Gasteiger partial charge < -0.3 is 4.42 Å². The number of fused-ring (bicyclic) bond motifs is 6. The van der Waals surface area contributed by atoms with E-state index in [0.717, 1.165) is 55.3 Å². The molecule has 0 radical (unpaired) electrons. The monoisotopic (exact) mass is 412 g/mol. The summed E-state index contributed by atoms with van der Waals surface area (Å²) in [5, 5.41) is 12.9. The largest absolute Gasteiger partial charge is 0.455 e. The minimum atomic E-state index is 0.715. The highest BCUT2D eigenvalue weighted by molar-refractivity contribution is 6.17. The van der Waals surface area contributed by atoms with Crippen LogP contribution in [0, 0.1) is 0 Å². The Labute approximate surface area is 182 Å². The number of para-hydroxylation sites is 2. The van der Waals surface area contributed by atoms with Crippen LogP contribution in [0.4, 0.5) is 0 Å². The van der Waals surface area contributed by atoms with Gasteiger partial charge in [0.2, 0.25) is 0 Å². The molecule has 0 N–H and O–H groups in total. The Balaban J connectivity index is 1.61. The third kappa shape index (κ3) is 2.36. The first kappa shape index (κ1) is 17.2. The normalized spacial score (nSPS) is 11.8. The van der Waals surface area contributed by atoms with Crippen molar-refractivity contribution in [2.45, 2.75) is 0 Å². The van der Waals surface area contributed by atoms with Gasteiger partial charge in [0.15, 0.2) is 11.5 Å². The van der Waals surface area contributed by atoms with Gasteiger partial charge in [0.05, 0.1) is 11.8 Å². The molecule has 3 aromatic heterocycles. The first-order valence-corrected chi connectivity index (χ1v) is 10.5. The van der Waals surface area contributed by atoms with Crippen molar-refractivity contribution in [3.05, 3.63) is 97.2 Å². The van der Waals surface area contributed by atoms with Crippen LogP contribution < -0.4 is 0 Å². The standard InChI is InChI=1S/C27H16N4O/c1-2-8-18(9-3-1)31-26(29-23-15-16-28-30-27(23)31)22-12-6-11-20-21-14-13-17-7-4-5-10-19(17)24(21)32-25(20)22/h1-16H. The Morgan fingerprint density at radius 1 is 0.656 bits per heavy atom. The summed E-state index contributed by atoms with van der Waals surface area (Å²) in [7, 11) is 0. The van der Waals surface area contributed by atoms with Crippen molar-refractivity contribution in [1.29, 1.82) is 0 Å². The number of hydrogen-bond donors (Lipinski definition) is 0. The summed E-state index contributed by atoms with van der Waals surface area (Å²) in [4.78, 5) is 4.94. The predicted octanol–water partition coefficient (Wildman–Crippen LogP) is 6.54. The molecule has 150 valence electrons. The van der Waals surface area contributed by atoms with Crippen LogP contribution in [0.25, 0.3) is 61.0 Å². The molecule has 7 aromatic rings. The summed E-state index contributed by atoms with van der Waals surface area (Å²) in [5.74, 6) is 0.778. The van der Waals surface area contributed by atoms with Gasteiger partial charge in [-0.05, 0) is 35.7 Å². The minimum Gasteiger partial charge on any atom is -0.455 e. The Morgan fingerprint density at radius 3 is 2.41 bits per heavy atom. The number of furan rings is 1. The predicted molar refractivity (Wildman–Crippen MR) is 127 cm³/mol. The van der Waals surface area contributed by atoms with Crippen LogP contribution in [0.5, 0.6) is 0 Å². The summed E-state index contributed by atoms with van der Waals surface area (Å²) in [6.07, 6.45) is 1.67. The van der Waals surface area contributed by atoms with Crippen molar-refractivity contribution in [2.24, 2.45) is 0 Å². The van der Waals surface area contributed by atoms with Gasteiger partial charge in [-0.1, -0.05) is 60.7 Å². The van der Waals surface area contributed by atoms with E-state index in [1.54, 1.807) is 6.20 Å². The fourth-order valence-corrected chi connectivity index (χ4v) is 4.53. The van der Waals surface area contributed by atoms with Gasteiger partial charge in [0, 0.05) is 21.8 Å². The summed E-state index contributed by atoms with van der Waals surface area (Å²) >= 11 is 0. The molecule has 0 saturated carbocycles. The van der Waals surface area contributed by atoms with E-state index in [2.05, 4.69) is 52.7 Å². The quantitative estimate of drug-likeness (QED) is 0.324. The molecule has 0 bridgehead atoms. The number of hydrogen-bond acceptors (Lipinski definition) is 4. The maximum Gasteiger partial charge on any atom is 0.187 e. The zero-order valence-electron chi connectivity index (χ0n) is 16.9. The molecule has 0 aliphatic carbocycles. The second-order valence-electron chi connectivity index (χ2n) is 7.79. The molecule has 0 fully saturated rings. The lowest BCUT2D eigenvalue weighted by molar-refractivity contribution is 0.673. The third-order valence-corrected chi connectivity index (χ3v) is 5.97. The number of nitrogens with zero attached hydrogens (tertiary/aromatic N) is 4. The van der Waals surface area contributed by atoms with E-state index >= 15 is 0 Å². The SMILES string of the molecule is c1ccc(-n2c(-c3cccc4c3oc3c5ccccc5ccc43)nc3ccnnc32)cc1. The van der Waals surface area contributed by atoms with Gasteiger partial charge in [-0.25, -0.2) is 4.98 Å². The molecule has 0 saturated heterocycles. The second-order valence-corrected chi connectivity index (χ2v) is 7.79. The molecule has 0 atom stereocenters. The van der Waals surface area contributed by atoms with Crippen LogP contribution in [0.15, 0.2) is 102 Å². The summed E-state index contributed by atoms with van der Waals surface area (Å²) in [6, 6.07) is 30.8. The molecule has 0 spiro atoms. The maximum atomic E-state index is 6.55. The van der Waals surface area contributed by atoms with Crippen molar-refractivity contribution in [3.63, 3.8) is 0 Å². The lowest BCUT2D eigenvalue weighted by atomic mass is 10.0. The Hall–Kier alpha value is -4.51. The van der Waals surface area contributed by atoms with Gasteiger partial charge in [-0.3, -0.25) is 4.57 Å². The summed E-state index contributed by atoms with van der Waals surface area (Å²) in [6.45, 7) is 0. The number of rotatable bonds is 2. The van der Waals surface area contributed by atoms with Crippen molar-refractivity contribution in [3.8, 4) is 17.1 Å². The van der Waals surface area contributed by atoms with Gasteiger partial charge >= 0.3 is 0 Å². The van der Waals surface area contributed by atoms with E-state index in [1.165, 1.54) is 0 Å². The molecule has 3 heterocycles. The van der Waals surface area contributed by atoms with Gasteiger partial charge in [-0.15, -0.1) is 5.10 Å². The molecular weight excluding hydrogens is 396 g/mol. The fraction of sp³-hybridized carbons (Fsp3) is 0. The highest BCUT2D eigenvalue weighted by Crippen LogP contribution is 2.39. The Morgan fingerprint density at radius 2 is 1.47 bits per heavy atom. The molecule has 5 heteroatoms. The highest BCUT2D eigenvalue weighted by atomic mass is 16.3. The number of imidazole rings is 1. The third-order valence-electron chi connectivity index (χ3n) is 5.97. The molecule has 0 unspecified atom stereocenters. The van der Waals surface area contributed by atoms with E-state index < -0.39 is 0 Å². The van der Waals surface area contributed by atoms with E-state index in [0.29, 0.717) is 5.65 Å². The van der Waals surface area contributed by atoms with Crippen molar-refractivity contribution < 1.29 is 4.42 Å². The Bertz CT molecular complexity index is 1780. The van der Waals surface area contributed by atoms with Crippen LogP contribution in [0.3, 0.4) is 0 Å². The average molecular weight is 412 g/mol. The molecular formula is C27H16N4O. The molecule has 7 rings (SSSR count). The van der Waals surface area contributed by atoms with Crippen molar-refractivity contribution >= 4 is 43.9 Å². The first-order chi connectivity index (χ1) is 15.9. The molecule has 5 nitrogen and oxygen atoms in total. The summed E-state index contributed by atoms with van der Waals surface area (Å²) in [5.41, 5.74) is 5.12. The summed E-state index contributed by atoms with van der Waals surface area (Å²) < 4.78 is 8.59. The lowest BCUT2D eigenvalue weighted by Gasteiger charge is -2.08. The van der Waals surface area contributed by atoms with Crippen LogP contribution in [0.1, 0.15) is 0 Å². The van der Waals surface area contributed by atoms with Crippen LogP contribution in [-0.4, -0.2) is 19.7 Å². The zero-order valence-corrected chi connectivity index (χ0v) is 16.9. The Kier molecular flexibility index (Phi) is 3.49. The molecule has 0 aliphatic heterocycles. The topological polar surface area (TPSA) is 56.7 Å². The van der Waals surface area contributed by atoms with E-state index in [9.17, 15) is 0 Å². The number of aromatic nitrogens is 4. The molecule has 0 aliphatic rings. The molecule has 32 heavy (non-hydrogen) atoms. The first-order valence-electron chi connectivity index (χ1n) is 10.5. The second kappa shape index (κ2) is 6.49. The van der Waals surface area contributed by atoms with E-state index in [4.69, 9.17) is 9.40 Å². The molecule has 4 aromatic carbocycles. The van der Waals surface area contributed by atoms with Crippen LogP contribution in [-0.2, 0) is 0 Å². The van der Waals surface area contributed by atoms with Crippen molar-refractivity contribution in [2.75, 3.05) is 0 Å². The average Bonchev–Trinajstić information content (AvgIpc) is 3.43. The van der Waals surface area contributed by atoms with Crippen LogP contribution >= 0.6 is 0 Å².